The highest BCUT2D eigenvalue weighted by Gasteiger charge is 2.18. The second kappa shape index (κ2) is 63.4. The van der Waals surface area contributed by atoms with Crippen LogP contribution < -0.4 is 5.32 Å². The van der Waals surface area contributed by atoms with Gasteiger partial charge in [-0.1, -0.05) is 344 Å². The summed E-state index contributed by atoms with van der Waals surface area (Å²) in [6, 6.07) is -0.623. The van der Waals surface area contributed by atoms with Crippen molar-refractivity contribution in [2.24, 2.45) is 0 Å². The fourth-order valence-corrected chi connectivity index (χ4v) is 10.1. The number of amides is 1. The normalized spacial score (nSPS) is 13.1. The van der Waals surface area contributed by atoms with Gasteiger partial charge in [0.05, 0.1) is 18.8 Å². The third-order valence-electron chi connectivity index (χ3n) is 15.0. The van der Waals surface area contributed by atoms with Gasteiger partial charge in [-0.25, -0.2) is 0 Å². The van der Waals surface area contributed by atoms with Gasteiger partial charge in [-0.05, 0) is 57.8 Å². The van der Waals surface area contributed by atoms with Gasteiger partial charge < -0.3 is 15.5 Å². The fourth-order valence-electron chi connectivity index (χ4n) is 10.1. The quantitative estimate of drug-likeness (QED) is 0.0420. The van der Waals surface area contributed by atoms with E-state index in [1.165, 1.54) is 276 Å². The van der Waals surface area contributed by atoms with Gasteiger partial charge in [0, 0.05) is 6.42 Å². The van der Waals surface area contributed by atoms with Crippen LogP contribution in [0.1, 0.15) is 348 Å². The topological polar surface area (TPSA) is 69.6 Å². The number of aliphatic hydroxyl groups is 2. The molecule has 0 bridgehead atoms. The largest absolute Gasteiger partial charge is 0.394 e. The van der Waals surface area contributed by atoms with Crippen LogP contribution in [-0.4, -0.2) is 34.9 Å². The zero-order valence-electron chi connectivity index (χ0n) is 48.7. The summed E-state index contributed by atoms with van der Waals surface area (Å²) in [5, 5.41) is 23.3. The Morgan fingerprint density at radius 3 is 0.917 bits per heavy atom. The Labute approximate surface area is 451 Å². The first kappa shape index (κ1) is 70.1. The van der Waals surface area contributed by atoms with Crippen molar-refractivity contribution in [3.8, 4) is 0 Å². The summed E-state index contributed by atoms with van der Waals surface area (Å²) in [6.07, 6.45) is 90.0. The zero-order chi connectivity index (χ0) is 52.0. The molecule has 0 aromatic heterocycles. The molecule has 0 heterocycles. The minimum absolute atomic E-state index is 0.0574. The molecule has 0 rings (SSSR count). The van der Waals surface area contributed by atoms with Crippen molar-refractivity contribution >= 4 is 5.91 Å². The van der Waals surface area contributed by atoms with Crippen molar-refractivity contribution in [3.63, 3.8) is 0 Å². The molecule has 3 N–H and O–H groups in total. The van der Waals surface area contributed by atoms with Crippen molar-refractivity contribution in [2.45, 2.75) is 360 Å². The summed E-state index contributed by atoms with van der Waals surface area (Å²) in [7, 11) is 0. The molecule has 0 aromatic carbocycles. The number of unbranched alkanes of at least 4 members (excludes halogenated alkanes) is 45. The molecule has 0 saturated carbocycles. The van der Waals surface area contributed by atoms with Crippen molar-refractivity contribution in [1.82, 2.24) is 5.32 Å². The highest BCUT2D eigenvalue weighted by molar-refractivity contribution is 5.76. The number of rotatable bonds is 60. The van der Waals surface area contributed by atoms with E-state index in [0.717, 1.165) is 51.4 Å². The van der Waals surface area contributed by atoms with E-state index in [2.05, 4.69) is 67.8 Å². The molecule has 2 unspecified atom stereocenters. The smallest absolute Gasteiger partial charge is 0.220 e. The average molecular weight is 1010 g/mol. The van der Waals surface area contributed by atoms with Gasteiger partial charge in [-0.15, -0.1) is 0 Å². The monoisotopic (exact) mass is 1010 g/mol. The van der Waals surface area contributed by atoms with E-state index in [4.69, 9.17) is 0 Å². The first-order chi connectivity index (χ1) is 35.7. The van der Waals surface area contributed by atoms with Crippen molar-refractivity contribution in [2.75, 3.05) is 6.61 Å². The van der Waals surface area contributed by atoms with E-state index in [-0.39, 0.29) is 12.5 Å². The molecule has 1 amide bonds. The summed E-state index contributed by atoms with van der Waals surface area (Å²) in [5.41, 5.74) is 0. The lowest BCUT2D eigenvalue weighted by Crippen LogP contribution is -2.45. The number of allylic oxidation sites excluding steroid dienone is 9. The first-order valence-corrected chi connectivity index (χ1v) is 32.5. The fraction of sp³-hybridized carbons (Fsp3) is 0.838. The van der Waals surface area contributed by atoms with E-state index in [1.807, 2.05) is 6.08 Å². The third kappa shape index (κ3) is 59.0. The molecule has 0 aliphatic heterocycles. The van der Waals surface area contributed by atoms with E-state index >= 15 is 0 Å². The Balaban J connectivity index is 3.42. The highest BCUT2D eigenvalue weighted by Crippen LogP contribution is 2.18. The molecule has 2 atom stereocenters. The van der Waals surface area contributed by atoms with Gasteiger partial charge in [0.2, 0.25) is 5.91 Å². The maximum absolute atomic E-state index is 12.5. The van der Waals surface area contributed by atoms with E-state index < -0.39 is 12.1 Å². The van der Waals surface area contributed by atoms with Gasteiger partial charge in [-0.2, -0.15) is 0 Å². The minimum atomic E-state index is -0.840. The molecule has 0 aliphatic rings. The molecular formula is C68H127NO3. The average Bonchev–Trinajstić information content (AvgIpc) is 3.39. The first-order valence-electron chi connectivity index (χ1n) is 32.5. The molecule has 0 fully saturated rings. The number of hydrogen-bond donors (Lipinski definition) is 3. The van der Waals surface area contributed by atoms with Gasteiger partial charge >= 0.3 is 0 Å². The molecule has 0 saturated heterocycles. The Morgan fingerprint density at radius 2 is 0.611 bits per heavy atom. The van der Waals surface area contributed by atoms with Crippen LogP contribution in [0.5, 0.6) is 0 Å². The summed E-state index contributed by atoms with van der Waals surface area (Å²) in [4.78, 5) is 12.5. The van der Waals surface area contributed by atoms with Crippen LogP contribution in [0.3, 0.4) is 0 Å². The lowest BCUT2D eigenvalue weighted by molar-refractivity contribution is -0.123. The zero-order valence-corrected chi connectivity index (χ0v) is 48.7. The standard InChI is InChI=1S/C68H127NO3/c1-3-5-7-9-11-13-15-17-19-21-23-25-27-28-29-30-31-32-33-34-35-36-37-38-39-40-42-44-46-48-50-52-54-56-58-60-62-64-68(72)69-66(65-70)67(71)63-61-59-57-55-53-51-49-47-45-43-41-26-24-22-20-18-16-14-12-10-8-6-4-2/h5,7,11,13,17,19,23,25,61,63,66-67,70-71H,3-4,6,8-10,12,14-16,18,20-22,24,26-60,62,64-65H2,1-2H3,(H,69,72)/b7-5-,13-11-,19-17-,25-23-,63-61+. The van der Waals surface area contributed by atoms with Crippen LogP contribution in [0.4, 0.5) is 0 Å². The maximum Gasteiger partial charge on any atom is 0.220 e. The third-order valence-corrected chi connectivity index (χ3v) is 15.0. The Hall–Kier alpha value is -1.91. The van der Waals surface area contributed by atoms with Crippen molar-refractivity contribution in [1.29, 1.82) is 0 Å². The Morgan fingerprint density at radius 1 is 0.347 bits per heavy atom. The molecule has 4 heteroatoms. The van der Waals surface area contributed by atoms with Crippen LogP contribution in [0, 0.1) is 0 Å². The van der Waals surface area contributed by atoms with Crippen LogP contribution in [0.25, 0.3) is 0 Å². The number of carbonyl (C=O) groups excluding carboxylic acids is 1. The number of nitrogens with one attached hydrogen (secondary N) is 1. The second-order valence-electron chi connectivity index (χ2n) is 22.2. The second-order valence-corrected chi connectivity index (χ2v) is 22.2. The summed E-state index contributed by atoms with van der Waals surface area (Å²) >= 11 is 0. The Kier molecular flexibility index (Phi) is 61.7. The minimum Gasteiger partial charge on any atom is -0.394 e. The van der Waals surface area contributed by atoms with Crippen LogP contribution in [0.15, 0.2) is 60.8 Å². The lowest BCUT2D eigenvalue weighted by atomic mass is 10.0. The van der Waals surface area contributed by atoms with E-state index in [9.17, 15) is 15.0 Å². The lowest BCUT2D eigenvalue weighted by Gasteiger charge is -2.20. The molecule has 0 radical (unpaired) electrons. The van der Waals surface area contributed by atoms with Crippen LogP contribution in [0.2, 0.25) is 0 Å². The maximum atomic E-state index is 12.5. The molecule has 0 aliphatic carbocycles. The van der Waals surface area contributed by atoms with Gasteiger partial charge in [0.15, 0.2) is 0 Å². The van der Waals surface area contributed by atoms with Crippen molar-refractivity contribution in [3.05, 3.63) is 60.8 Å². The summed E-state index contributed by atoms with van der Waals surface area (Å²) in [5.74, 6) is -0.0574. The van der Waals surface area contributed by atoms with E-state index in [0.29, 0.717) is 6.42 Å². The van der Waals surface area contributed by atoms with Crippen LogP contribution in [-0.2, 0) is 4.79 Å². The predicted octanol–water partition coefficient (Wildman–Crippen LogP) is 21.9. The number of aliphatic hydroxyl groups excluding tert-OH is 2. The van der Waals surface area contributed by atoms with Gasteiger partial charge in [0.25, 0.3) is 0 Å². The van der Waals surface area contributed by atoms with E-state index in [1.54, 1.807) is 6.08 Å². The van der Waals surface area contributed by atoms with Crippen LogP contribution >= 0.6 is 0 Å². The number of hydrogen-bond acceptors (Lipinski definition) is 3. The number of carbonyl (C=O) groups is 1. The molecule has 422 valence electrons. The van der Waals surface area contributed by atoms with Crippen molar-refractivity contribution < 1.29 is 15.0 Å². The predicted molar refractivity (Wildman–Crippen MR) is 322 cm³/mol. The SMILES string of the molecule is CC/C=C\C/C=C\C/C=C\C/C=C\CCCCCCCCCCCCCCCCCCCCCCCCCCC(=O)NC(CO)C(O)/C=C/CCCCCCCCCCCCCCCCCCCCCCC. The summed E-state index contributed by atoms with van der Waals surface area (Å²) < 4.78 is 0. The highest BCUT2D eigenvalue weighted by atomic mass is 16.3. The molecule has 0 aromatic rings. The van der Waals surface area contributed by atoms with Gasteiger partial charge in [-0.3, -0.25) is 4.79 Å². The molecule has 72 heavy (non-hydrogen) atoms. The summed E-state index contributed by atoms with van der Waals surface area (Å²) in [6.45, 7) is 4.23. The molecule has 4 nitrogen and oxygen atoms in total. The van der Waals surface area contributed by atoms with Gasteiger partial charge in [0.1, 0.15) is 0 Å². The Bertz CT molecular complexity index is 1190. The molecular weight excluding hydrogens is 879 g/mol. The molecule has 0 spiro atoms.